The molecule has 1 saturated carbocycles. The molecule has 0 atom stereocenters. The molecule has 2 rings (SSSR count). The van der Waals surface area contributed by atoms with Gasteiger partial charge in [-0.2, -0.15) is 0 Å². The monoisotopic (exact) mass is 301 g/mol. The van der Waals surface area contributed by atoms with Gasteiger partial charge in [-0.05, 0) is 37.1 Å². The molecule has 0 radical (unpaired) electrons. The van der Waals surface area contributed by atoms with Crippen LogP contribution < -0.4 is 5.32 Å². The van der Waals surface area contributed by atoms with Crippen LogP contribution in [0.15, 0.2) is 29.2 Å². The normalized spacial score (nSPS) is 16.5. The molecule has 19 heavy (non-hydrogen) atoms. The summed E-state index contributed by atoms with van der Waals surface area (Å²) in [7, 11) is -3.59. The van der Waals surface area contributed by atoms with Gasteiger partial charge in [0.15, 0.2) is 9.84 Å². The molecular formula is C13H16ClNO3S. The molecule has 1 aromatic carbocycles. The van der Waals surface area contributed by atoms with Crippen molar-refractivity contribution in [1.29, 1.82) is 0 Å². The summed E-state index contributed by atoms with van der Waals surface area (Å²) in [6.45, 7) is 0. The number of nitrogens with one attached hydrogen (secondary N) is 1. The minimum absolute atomic E-state index is 0.124. The third kappa shape index (κ3) is 3.94. The lowest BCUT2D eigenvalue weighted by Gasteiger charge is -2.12. The molecule has 1 fully saturated rings. The smallest absolute Gasteiger partial charge is 0.235 e. The van der Waals surface area contributed by atoms with Crippen LogP contribution in [-0.2, 0) is 14.6 Å². The van der Waals surface area contributed by atoms with Gasteiger partial charge in [-0.25, -0.2) is 8.42 Å². The van der Waals surface area contributed by atoms with Crippen LogP contribution >= 0.6 is 11.6 Å². The highest BCUT2D eigenvalue weighted by molar-refractivity contribution is 7.92. The Labute approximate surface area is 118 Å². The van der Waals surface area contributed by atoms with E-state index >= 15 is 0 Å². The van der Waals surface area contributed by atoms with E-state index in [0.29, 0.717) is 5.02 Å². The van der Waals surface area contributed by atoms with E-state index < -0.39 is 21.5 Å². The second-order valence-corrected chi connectivity index (χ2v) is 7.19. The number of sulfone groups is 1. The molecule has 0 bridgehead atoms. The summed E-state index contributed by atoms with van der Waals surface area (Å²) in [4.78, 5) is 11.9. The topological polar surface area (TPSA) is 63.2 Å². The van der Waals surface area contributed by atoms with Gasteiger partial charge in [0.25, 0.3) is 0 Å². The summed E-state index contributed by atoms with van der Waals surface area (Å²) in [6.07, 6.45) is 4.06. The van der Waals surface area contributed by atoms with Crippen molar-refractivity contribution in [2.75, 3.05) is 5.75 Å². The first-order valence-corrected chi connectivity index (χ1v) is 8.28. The van der Waals surface area contributed by atoms with E-state index in [2.05, 4.69) is 5.32 Å². The lowest BCUT2D eigenvalue weighted by Crippen LogP contribution is -2.36. The molecule has 1 amide bonds. The number of amides is 1. The third-order valence-corrected chi connectivity index (χ3v) is 5.10. The molecule has 1 N–H and O–H groups in total. The molecule has 1 aliphatic carbocycles. The first-order chi connectivity index (χ1) is 8.97. The minimum Gasteiger partial charge on any atom is -0.352 e. The highest BCUT2D eigenvalue weighted by atomic mass is 35.5. The van der Waals surface area contributed by atoms with Crippen LogP contribution in [0.25, 0.3) is 0 Å². The van der Waals surface area contributed by atoms with E-state index in [1.807, 2.05) is 0 Å². The first-order valence-electron chi connectivity index (χ1n) is 6.25. The highest BCUT2D eigenvalue weighted by Gasteiger charge is 2.22. The van der Waals surface area contributed by atoms with Gasteiger partial charge in [0, 0.05) is 11.1 Å². The fraction of sp³-hybridized carbons (Fsp3) is 0.462. The number of benzene rings is 1. The van der Waals surface area contributed by atoms with Gasteiger partial charge in [-0.1, -0.05) is 24.4 Å². The number of rotatable bonds is 4. The van der Waals surface area contributed by atoms with E-state index in [0.717, 1.165) is 25.7 Å². The summed E-state index contributed by atoms with van der Waals surface area (Å²) in [6, 6.07) is 5.97. The zero-order valence-electron chi connectivity index (χ0n) is 10.4. The largest absolute Gasteiger partial charge is 0.352 e. The van der Waals surface area contributed by atoms with Crippen molar-refractivity contribution in [3.63, 3.8) is 0 Å². The average molecular weight is 302 g/mol. The molecular weight excluding hydrogens is 286 g/mol. The van der Waals surface area contributed by atoms with E-state index in [4.69, 9.17) is 11.6 Å². The molecule has 104 valence electrons. The zero-order valence-corrected chi connectivity index (χ0v) is 12.0. The van der Waals surface area contributed by atoms with Crippen molar-refractivity contribution in [3.8, 4) is 0 Å². The predicted octanol–water partition coefficient (Wildman–Crippen LogP) is 2.17. The minimum atomic E-state index is -3.59. The fourth-order valence-corrected chi connectivity index (χ4v) is 3.51. The predicted molar refractivity (Wildman–Crippen MR) is 73.9 cm³/mol. The van der Waals surface area contributed by atoms with Gasteiger partial charge in [-0.3, -0.25) is 4.79 Å². The molecule has 1 aromatic rings. The summed E-state index contributed by atoms with van der Waals surface area (Å²) in [5.41, 5.74) is 0. The van der Waals surface area contributed by atoms with Crippen molar-refractivity contribution in [1.82, 2.24) is 5.32 Å². The van der Waals surface area contributed by atoms with Gasteiger partial charge in [0.2, 0.25) is 5.91 Å². The SMILES string of the molecule is O=C(CS(=O)(=O)c1ccc(Cl)cc1)NC1CCCC1. The lowest BCUT2D eigenvalue weighted by molar-refractivity contribution is -0.119. The van der Waals surface area contributed by atoms with Crippen molar-refractivity contribution in [2.24, 2.45) is 0 Å². The molecule has 0 saturated heterocycles. The highest BCUT2D eigenvalue weighted by Crippen LogP contribution is 2.18. The Balaban J connectivity index is 2.00. The maximum absolute atomic E-state index is 12.0. The van der Waals surface area contributed by atoms with E-state index in [-0.39, 0.29) is 10.9 Å². The molecule has 0 unspecified atom stereocenters. The molecule has 1 aliphatic rings. The van der Waals surface area contributed by atoms with E-state index in [1.165, 1.54) is 24.3 Å². The Morgan fingerprint density at radius 3 is 2.37 bits per heavy atom. The van der Waals surface area contributed by atoms with Crippen molar-refractivity contribution < 1.29 is 13.2 Å². The summed E-state index contributed by atoms with van der Waals surface area (Å²) in [5.74, 6) is -0.938. The zero-order chi connectivity index (χ0) is 13.9. The van der Waals surface area contributed by atoms with Crippen molar-refractivity contribution >= 4 is 27.3 Å². The van der Waals surface area contributed by atoms with Crippen LogP contribution in [0, 0.1) is 0 Å². The second kappa shape index (κ2) is 5.92. The van der Waals surface area contributed by atoms with Gasteiger partial charge in [0.05, 0.1) is 4.90 Å². The third-order valence-electron chi connectivity index (χ3n) is 3.21. The summed E-state index contributed by atoms with van der Waals surface area (Å²) >= 11 is 5.71. The average Bonchev–Trinajstić information content (AvgIpc) is 2.81. The van der Waals surface area contributed by atoms with Crippen LogP contribution in [0.1, 0.15) is 25.7 Å². The maximum atomic E-state index is 12.0. The quantitative estimate of drug-likeness (QED) is 0.927. The van der Waals surface area contributed by atoms with Crippen LogP contribution in [-0.4, -0.2) is 26.1 Å². The molecule has 4 nitrogen and oxygen atoms in total. The van der Waals surface area contributed by atoms with Crippen LogP contribution in [0.4, 0.5) is 0 Å². The van der Waals surface area contributed by atoms with Gasteiger partial charge >= 0.3 is 0 Å². The van der Waals surface area contributed by atoms with Gasteiger partial charge in [-0.15, -0.1) is 0 Å². The molecule has 0 spiro atoms. The molecule has 0 aliphatic heterocycles. The second-order valence-electron chi connectivity index (χ2n) is 4.76. The van der Waals surface area contributed by atoms with Crippen molar-refractivity contribution in [2.45, 2.75) is 36.6 Å². The maximum Gasteiger partial charge on any atom is 0.235 e. The first kappa shape index (κ1) is 14.3. The van der Waals surface area contributed by atoms with E-state index in [1.54, 1.807) is 0 Å². The number of carbonyl (C=O) groups excluding carboxylic acids is 1. The number of hydrogen-bond acceptors (Lipinski definition) is 3. The number of hydrogen-bond donors (Lipinski definition) is 1. The van der Waals surface area contributed by atoms with Crippen LogP contribution in [0.5, 0.6) is 0 Å². The molecule has 6 heteroatoms. The van der Waals surface area contributed by atoms with Gasteiger partial charge in [0.1, 0.15) is 5.75 Å². The lowest BCUT2D eigenvalue weighted by atomic mass is 10.2. The number of halogens is 1. The van der Waals surface area contributed by atoms with Crippen molar-refractivity contribution in [3.05, 3.63) is 29.3 Å². The molecule has 0 heterocycles. The van der Waals surface area contributed by atoms with E-state index in [9.17, 15) is 13.2 Å². The fourth-order valence-electron chi connectivity index (χ4n) is 2.24. The summed E-state index contributed by atoms with van der Waals surface area (Å²) in [5, 5.41) is 3.24. The standard InChI is InChI=1S/C13H16ClNO3S/c14-10-5-7-12(8-6-10)19(17,18)9-13(16)15-11-3-1-2-4-11/h5-8,11H,1-4,9H2,(H,15,16). The summed E-state index contributed by atoms with van der Waals surface area (Å²) < 4.78 is 24.0. The number of carbonyl (C=O) groups is 1. The Morgan fingerprint density at radius 2 is 1.79 bits per heavy atom. The molecule has 0 aromatic heterocycles. The Bertz CT molecular complexity index is 548. The van der Waals surface area contributed by atoms with Crippen LogP contribution in [0.3, 0.4) is 0 Å². The Hall–Kier alpha value is -1.07. The Kier molecular flexibility index (Phi) is 4.47. The van der Waals surface area contributed by atoms with Crippen LogP contribution in [0.2, 0.25) is 5.02 Å². The Morgan fingerprint density at radius 1 is 1.21 bits per heavy atom. The van der Waals surface area contributed by atoms with Gasteiger partial charge < -0.3 is 5.32 Å².